The van der Waals surface area contributed by atoms with Gasteiger partial charge in [-0.15, -0.1) is 0 Å². The van der Waals surface area contributed by atoms with Gasteiger partial charge in [-0.2, -0.15) is 0 Å². The molecular weight excluding hydrogens is 269 g/mol. The van der Waals surface area contributed by atoms with Crippen molar-refractivity contribution in [3.05, 3.63) is 58.9 Å². The highest BCUT2D eigenvalue weighted by molar-refractivity contribution is 6.33. The van der Waals surface area contributed by atoms with Gasteiger partial charge >= 0.3 is 5.97 Å². The monoisotopic (exact) mass is 279 g/mol. The summed E-state index contributed by atoms with van der Waals surface area (Å²) in [4.78, 5) is 10.8. The molecule has 0 radical (unpaired) electrons. The largest absolute Gasteiger partial charge is 0.481 e. The van der Waals surface area contributed by atoms with Crippen molar-refractivity contribution in [2.24, 2.45) is 0 Å². The van der Waals surface area contributed by atoms with E-state index in [0.29, 0.717) is 16.4 Å². The van der Waals surface area contributed by atoms with Crippen LogP contribution in [0.15, 0.2) is 42.5 Å². The molecule has 0 aliphatic heterocycles. The third-order valence-corrected chi connectivity index (χ3v) is 2.92. The van der Waals surface area contributed by atoms with Gasteiger partial charge in [0.1, 0.15) is 5.82 Å². The molecule has 0 bridgehead atoms. The Labute approximate surface area is 114 Å². The number of carbonyl (C=O) groups is 1. The Bertz CT molecular complexity index is 616. The number of anilines is 2. The molecule has 2 aromatic carbocycles. The van der Waals surface area contributed by atoms with Gasteiger partial charge in [0.2, 0.25) is 0 Å². The number of hydrogen-bond donors (Lipinski definition) is 2. The van der Waals surface area contributed by atoms with E-state index in [-0.39, 0.29) is 12.0 Å². The average Bonchev–Trinajstić information content (AvgIpc) is 2.36. The van der Waals surface area contributed by atoms with Crippen LogP contribution in [0.25, 0.3) is 0 Å². The quantitative estimate of drug-likeness (QED) is 0.894. The van der Waals surface area contributed by atoms with E-state index in [2.05, 4.69) is 5.32 Å². The second kappa shape index (κ2) is 5.71. The number of aliphatic carboxylic acids is 1. The number of benzene rings is 2. The van der Waals surface area contributed by atoms with Crippen LogP contribution in [0.5, 0.6) is 0 Å². The number of nitrogens with one attached hydrogen (secondary N) is 1. The van der Waals surface area contributed by atoms with Gasteiger partial charge in [-0.1, -0.05) is 29.8 Å². The first kappa shape index (κ1) is 13.4. The summed E-state index contributed by atoms with van der Waals surface area (Å²) in [7, 11) is 0. The van der Waals surface area contributed by atoms with Crippen molar-refractivity contribution >= 4 is 28.9 Å². The Kier molecular flexibility index (Phi) is 4.02. The Hall–Kier alpha value is -2.07. The first-order chi connectivity index (χ1) is 9.08. The lowest BCUT2D eigenvalue weighted by Crippen LogP contribution is -2.06. The molecule has 0 spiro atoms. The second-order valence-electron chi connectivity index (χ2n) is 3.94. The van der Waals surface area contributed by atoms with Crippen LogP contribution >= 0.6 is 11.6 Å². The Morgan fingerprint density at radius 3 is 2.53 bits per heavy atom. The van der Waals surface area contributed by atoms with Gasteiger partial charge in [0, 0.05) is 11.3 Å². The zero-order valence-electron chi connectivity index (χ0n) is 9.86. The minimum Gasteiger partial charge on any atom is -0.481 e. The van der Waals surface area contributed by atoms with Gasteiger partial charge in [0.25, 0.3) is 0 Å². The predicted molar refractivity (Wildman–Crippen MR) is 72.5 cm³/mol. The van der Waals surface area contributed by atoms with Crippen LogP contribution in [-0.4, -0.2) is 11.1 Å². The van der Waals surface area contributed by atoms with E-state index < -0.39 is 11.8 Å². The lowest BCUT2D eigenvalue weighted by molar-refractivity contribution is -0.136. The van der Waals surface area contributed by atoms with E-state index in [1.165, 1.54) is 12.1 Å². The molecule has 3 nitrogen and oxygen atoms in total. The number of rotatable bonds is 4. The molecule has 0 unspecified atom stereocenters. The van der Waals surface area contributed by atoms with E-state index in [9.17, 15) is 9.18 Å². The number of carboxylic acids is 1. The molecule has 5 heteroatoms. The van der Waals surface area contributed by atoms with Crippen LogP contribution in [0.4, 0.5) is 15.8 Å². The summed E-state index contributed by atoms with van der Waals surface area (Å²) in [5.41, 5.74) is 1.10. The molecule has 0 heterocycles. The van der Waals surface area contributed by atoms with Gasteiger partial charge in [0.05, 0.1) is 17.1 Å². The van der Waals surface area contributed by atoms with Crippen molar-refractivity contribution in [2.45, 2.75) is 6.42 Å². The summed E-state index contributed by atoms with van der Waals surface area (Å²) in [6, 6.07) is 11.3. The van der Waals surface area contributed by atoms with Crippen LogP contribution < -0.4 is 5.32 Å². The fraction of sp³-hybridized carbons (Fsp3) is 0.0714. The highest BCUT2D eigenvalue weighted by atomic mass is 35.5. The second-order valence-corrected chi connectivity index (χ2v) is 4.35. The van der Waals surface area contributed by atoms with Gasteiger partial charge in [-0.05, 0) is 24.3 Å². The number of para-hydroxylation sites is 1. The summed E-state index contributed by atoms with van der Waals surface area (Å²) in [6.45, 7) is 0. The maximum Gasteiger partial charge on any atom is 0.308 e. The Morgan fingerprint density at radius 2 is 1.84 bits per heavy atom. The van der Waals surface area contributed by atoms with Crippen molar-refractivity contribution in [1.29, 1.82) is 0 Å². The molecule has 0 atom stereocenters. The molecule has 0 aliphatic carbocycles. The number of carboxylic acid groups (broad SMARTS) is 1. The average molecular weight is 280 g/mol. The van der Waals surface area contributed by atoms with Crippen LogP contribution in [0.2, 0.25) is 5.02 Å². The van der Waals surface area contributed by atoms with Crippen molar-refractivity contribution in [2.75, 3.05) is 5.32 Å². The highest BCUT2D eigenvalue weighted by Crippen LogP contribution is 2.28. The maximum atomic E-state index is 13.7. The predicted octanol–water partition coefficient (Wildman–Crippen LogP) is 3.85. The van der Waals surface area contributed by atoms with Crippen molar-refractivity contribution in [3.63, 3.8) is 0 Å². The van der Waals surface area contributed by atoms with E-state index in [1.54, 1.807) is 30.3 Å². The number of hydrogen-bond acceptors (Lipinski definition) is 2. The molecular formula is C14H11ClFNO2. The van der Waals surface area contributed by atoms with Gasteiger partial charge in [0.15, 0.2) is 0 Å². The molecule has 2 N–H and O–H groups in total. The molecule has 0 aromatic heterocycles. The van der Waals surface area contributed by atoms with Crippen molar-refractivity contribution < 1.29 is 14.3 Å². The third-order valence-electron chi connectivity index (χ3n) is 2.59. The van der Waals surface area contributed by atoms with E-state index in [4.69, 9.17) is 16.7 Å². The summed E-state index contributed by atoms with van der Waals surface area (Å²) < 4.78 is 13.7. The highest BCUT2D eigenvalue weighted by Gasteiger charge is 2.12. The number of halogens is 2. The first-order valence-corrected chi connectivity index (χ1v) is 5.96. The molecule has 2 rings (SSSR count). The zero-order chi connectivity index (χ0) is 13.8. The minimum atomic E-state index is -1.09. The smallest absolute Gasteiger partial charge is 0.308 e. The zero-order valence-corrected chi connectivity index (χ0v) is 10.6. The summed E-state index contributed by atoms with van der Waals surface area (Å²) in [6.07, 6.45) is -0.389. The first-order valence-electron chi connectivity index (χ1n) is 5.58. The van der Waals surface area contributed by atoms with E-state index >= 15 is 0 Å². The fourth-order valence-corrected chi connectivity index (χ4v) is 1.90. The molecule has 0 amide bonds. The van der Waals surface area contributed by atoms with E-state index in [1.807, 2.05) is 0 Å². The van der Waals surface area contributed by atoms with Gasteiger partial charge in [-0.3, -0.25) is 4.79 Å². The van der Waals surface area contributed by atoms with Crippen LogP contribution in [0.1, 0.15) is 5.56 Å². The molecule has 0 saturated carbocycles. The maximum absolute atomic E-state index is 13.7. The lowest BCUT2D eigenvalue weighted by atomic mass is 10.1. The summed E-state index contributed by atoms with van der Waals surface area (Å²) in [5, 5.41) is 12.2. The minimum absolute atomic E-state index is 0.106. The topological polar surface area (TPSA) is 49.3 Å². The molecule has 2 aromatic rings. The van der Waals surface area contributed by atoms with Crippen molar-refractivity contribution in [3.8, 4) is 0 Å². The SMILES string of the molecule is O=C(O)Cc1c(F)cccc1Nc1ccccc1Cl. The summed E-state index contributed by atoms with van der Waals surface area (Å²) in [5.74, 6) is -1.65. The van der Waals surface area contributed by atoms with Crippen LogP contribution in [-0.2, 0) is 11.2 Å². The molecule has 0 aliphatic rings. The third kappa shape index (κ3) is 3.23. The van der Waals surface area contributed by atoms with E-state index in [0.717, 1.165) is 0 Å². The fourth-order valence-electron chi connectivity index (χ4n) is 1.71. The molecule has 19 heavy (non-hydrogen) atoms. The Balaban J connectivity index is 2.37. The van der Waals surface area contributed by atoms with Gasteiger partial charge < -0.3 is 10.4 Å². The summed E-state index contributed by atoms with van der Waals surface area (Å²) >= 11 is 6.00. The normalized spacial score (nSPS) is 10.2. The Morgan fingerprint density at radius 1 is 1.16 bits per heavy atom. The molecule has 0 fully saturated rings. The molecule has 0 saturated heterocycles. The van der Waals surface area contributed by atoms with Crippen molar-refractivity contribution in [1.82, 2.24) is 0 Å². The molecule has 98 valence electrons. The van der Waals surface area contributed by atoms with Gasteiger partial charge in [-0.25, -0.2) is 4.39 Å². The standard InChI is InChI=1S/C14H11ClFNO2/c15-10-4-1-2-6-13(10)17-12-7-3-5-11(16)9(12)8-14(18)19/h1-7,17H,8H2,(H,18,19). The lowest BCUT2D eigenvalue weighted by Gasteiger charge is -2.12. The van der Waals surface area contributed by atoms with Crippen LogP contribution in [0, 0.1) is 5.82 Å². The van der Waals surface area contributed by atoms with Crippen LogP contribution in [0.3, 0.4) is 0 Å².